The van der Waals surface area contributed by atoms with Gasteiger partial charge in [-0.05, 0) is 31.5 Å². The summed E-state index contributed by atoms with van der Waals surface area (Å²) in [6.07, 6.45) is 0. The first-order valence-corrected chi connectivity index (χ1v) is 9.92. The molecule has 2 heterocycles. The van der Waals surface area contributed by atoms with E-state index in [0.717, 1.165) is 46.5 Å². The zero-order chi connectivity index (χ0) is 19.3. The van der Waals surface area contributed by atoms with E-state index < -0.39 is 0 Å². The summed E-state index contributed by atoms with van der Waals surface area (Å²) in [7, 11) is 3.53. The number of hydrogen-bond acceptors (Lipinski definition) is 6. The van der Waals surface area contributed by atoms with Crippen molar-refractivity contribution in [2.75, 3.05) is 38.6 Å². The summed E-state index contributed by atoms with van der Waals surface area (Å²) in [6.45, 7) is 11.0. The van der Waals surface area contributed by atoms with Gasteiger partial charge in [0.25, 0.3) is 5.91 Å². The minimum absolute atomic E-state index is 0.0202. The molecule has 1 aliphatic heterocycles. The molecule has 2 aromatic rings. The van der Waals surface area contributed by atoms with Crippen molar-refractivity contribution in [2.24, 2.45) is 0 Å². The monoisotopic (exact) mass is 375 g/mol. The number of aryl methyl sites for hydroxylation is 1. The number of rotatable bonds is 3. The molecule has 1 fully saturated rings. The Morgan fingerprint density at radius 1 is 1.31 bits per heavy atom. The Bertz CT molecular complexity index is 743. The van der Waals surface area contributed by atoms with Crippen LogP contribution in [0.3, 0.4) is 0 Å². The maximum Gasteiger partial charge on any atom is 0.253 e. The number of hydrogen-bond donors (Lipinski definition) is 1. The van der Waals surface area contributed by atoms with E-state index in [4.69, 9.17) is 0 Å². The Morgan fingerprint density at radius 2 is 2.04 bits per heavy atom. The average molecular weight is 376 g/mol. The largest absolute Gasteiger partial charge is 0.345 e. The molecule has 1 amide bonds. The van der Waals surface area contributed by atoms with E-state index in [9.17, 15) is 4.79 Å². The smallest absolute Gasteiger partial charge is 0.253 e. The number of carbonyl (C=O) groups is 1. The van der Waals surface area contributed by atoms with Gasteiger partial charge < -0.3 is 15.1 Å². The molecule has 26 heavy (non-hydrogen) atoms. The molecule has 1 aliphatic rings. The van der Waals surface area contributed by atoms with Gasteiger partial charge in [0, 0.05) is 50.9 Å². The van der Waals surface area contributed by atoms with E-state index in [2.05, 4.69) is 27.3 Å². The molecule has 1 unspecified atom stereocenters. The molecule has 0 radical (unpaired) electrons. The van der Waals surface area contributed by atoms with Crippen LogP contribution in [-0.2, 0) is 0 Å². The van der Waals surface area contributed by atoms with Crippen molar-refractivity contribution in [3.8, 4) is 10.6 Å². The number of benzene rings is 1. The fraction of sp³-hybridized carbons (Fsp3) is 0.526. The molecule has 3 rings (SSSR count). The van der Waals surface area contributed by atoms with Crippen LogP contribution >= 0.6 is 11.3 Å². The highest BCUT2D eigenvalue weighted by Crippen LogP contribution is 2.30. The molecule has 1 aromatic heterocycles. The van der Waals surface area contributed by atoms with Crippen molar-refractivity contribution in [3.63, 3.8) is 0 Å². The summed E-state index contributed by atoms with van der Waals surface area (Å²) in [4.78, 5) is 16.0. The maximum atomic E-state index is 12.1. The number of piperazine rings is 1. The fourth-order valence-corrected chi connectivity index (χ4v) is 3.72. The van der Waals surface area contributed by atoms with Gasteiger partial charge in [0.05, 0.1) is 0 Å². The van der Waals surface area contributed by atoms with E-state index in [1.807, 2.05) is 39.0 Å². The lowest BCUT2D eigenvalue weighted by Crippen LogP contribution is -2.49. The van der Waals surface area contributed by atoms with Crippen LogP contribution in [0.25, 0.3) is 10.6 Å². The van der Waals surface area contributed by atoms with Crippen LogP contribution in [0, 0.1) is 6.92 Å². The quantitative estimate of drug-likeness (QED) is 0.893. The number of carbonyl (C=O) groups excluding carboxylic acids is 1. The second-order valence-electron chi connectivity index (χ2n) is 6.42. The Kier molecular flexibility index (Phi) is 7.11. The van der Waals surface area contributed by atoms with Crippen molar-refractivity contribution in [1.29, 1.82) is 0 Å². The van der Waals surface area contributed by atoms with Crippen molar-refractivity contribution in [3.05, 3.63) is 29.3 Å². The number of amides is 1. The highest BCUT2D eigenvalue weighted by atomic mass is 32.1. The molecule has 0 spiro atoms. The van der Waals surface area contributed by atoms with Gasteiger partial charge in [-0.15, -0.1) is 10.2 Å². The average Bonchev–Trinajstić information content (AvgIpc) is 3.13. The summed E-state index contributed by atoms with van der Waals surface area (Å²) >= 11 is 1.60. The second-order valence-corrected chi connectivity index (χ2v) is 7.38. The van der Waals surface area contributed by atoms with E-state index >= 15 is 0 Å². The fourth-order valence-electron chi connectivity index (χ4n) is 2.84. The lowest BCUT2D eigenvalue weighted by atomic mass is 10.0. The summed E-state index contributed by atoms with van der Waals surface area (Å²) < 4.78 is 0. The molecule has 0 saturated carbocycles. The van der Waals surface area contributed by atoms with Gasteiger partial charge in [-0.3, -0.25) is 4.79 Å². The molecule has 1 N–H and O–H groups in total. The van der Waals surface area contributed by atoms with E-state index in [-0.39, 0.29) is 5.91 Å². The lowest BCUT2D eigenvalue weighted by Gasteiger charge is -2.31. The number of nitrogens with zero attached hydrogens (tertiary/aromatic N) is 4. The lowest BCUT2D eigenvalue weighted by molar-refractivity contribution is 0.0827. The number of nitrogens with one attached hydrogen (secondary N) is 1. The number of aromatic nitrogens is 2. The van der Waals surface area contributed by atoms with Crippen LogP contribution in [0.2, 0.25) is 0 Å². The van der Waals surface area contributed by atoms with E-state index in [0.29, 0.717) is 6.04 Å². The highest BCUT2D eigenvalue weighted by Gasteiger charge is 2.20. The minimum atomic E-state index is 0.0202. The summed E-state index contributed by atoms with van der Waals surface area (Å²) in [5.74, 6) is 0.0202. The van der Waals surface area contributed by atoms with Crippen LogP contribution < -0.4 is 10.2 Å². The molecule has 1 atom stereocenters. The van der Waals surface area contributed by atoms with Crippen LogP contribution in [0.5, 0.6) is 0 Å². The van der Waals surface area contributed by atoms with Gasteiger partial charge in [-0.25, -0.2) is 0 Å². The standard InChI is InChI=1S/C17H23N5OS.C2H6/c1-11-9-13(5-6-14(11)16(23)21(3)4)15-19-20-17(24-15)22-8-7-18-12(2)10-22;1-2/h5-6,9,12,18H,7-8,10H2,1-4H3;1-2H3. The third kappa shape index (κ3) is 4.59. The van der Waals surface area contributed by atoms with Crippen LogP contribution in [0.1, 0.15) is 36.7 Å². The second kappa shape index (κ2) is 9.09. The Labute approximate surface area is 160 Å². The van der Waals surface area contributed by atoms with E-state index in [1.54, 1.807) is 30.3 Å². The van der Waals surface area contributed by atoms with E-state index in [1.165, 1.54) is 0 Å². The van der Waals surface area contributed by atoms with Gasteiger partial charge in [-0.2, -0.15) is 0 Å². The molecule has 1 saturated heterocycles. The maximum absolute atomic E-state index is 12.1. The highest BCUT2D eigenvalue weighted by molar-refractivity contribution is 7.18. The molecule has 0 bridgehead atoms. The third-order valence-corrected chi connectivity index (χ3v) is 5.20. The molecule has 7 heteroatoms. The normalized spacial score (nSPS) is 16.7. The first kappa shape index (κ1) is 20.3. The van der Waals surface area contributed by atoms with Crippen molar-refractivity contribution < 1.29 is 4.79 Å². The predicted molar refractivity (Wildman–Crippen MR) is 109 cm³/mol. The van der Waals surface area contributed by atoms with Gasteiger partial charge in [0.2, 0.25) is 5.13 Å². The summed E-state index contributed by atoms with van der Waals surface area (Å²) in [5, 5.41) is 14.0. The zero-order valence-corrected chi connectivity index (χ0v) is 17.4. The molecule has 1 aromatic carbocycles. The molecule has 0 aliphatic carbocycles. The van der Waals surface area contributed by atoms with Gasteiger partial charge in [-0.1, -0.05) is 31.3 Å². The van der Waals surface area contributed by atoms with Gasteiger partial charge in [0.1, 0.15) is 5.01 Å². The van der Waals surface area contributed by atoms with Gasteiger partial charge in [0.15, 0.2) is 0 Å². The van der Waals surface area contributed by atoms with Gasteiger partial charge >= 0.3 is 0 Å². The summed E-state index contributed by atoms with van der Waals surface area (Å²) in [6, 6.07) is 6.31. The van der Waals surface area contributed by atoms with Crippen molar-refractivity contribution >= 4 is 22.4 Å². The first-order chi connectivity index (χ1) is 12.5. The first-order valence-electron chi connectivity index (χ1n) is 9.10. The van der Waals surface area contributed by atoms with Crippen molar-refractivity contribution in [1.82, 2.24) is 20.4 Å². The van der Waals surface area contributed by atoms with Crippen LogP contribution in [0.4, 0.5) is 5.13 Å². The van der Waals surface area contributed by atoms with Crippen LogP contribution in [-0.4, -0.2) is 60.8 Å². The molecule has 6 nitrogen and oxygen atoms in total. The third-order valence-electron chi connectivity index (χ3n) is 4.16. The zero-order valence-electron chi connectivity index (χ0n) is 16.5. The predicted octanol–water partition coefficient (Wildman–Crippen LogP) is 3.04. The SMILES string of the molecule is CC.Cc1cc(-c2nnc(N3CCNC(C)C3)s2)ccc1C(=O)N(C)C. The molecular weight excluding hydrogens is 346 g/mol. The molecular formula is C19H29N5OS. The summed E-state index contributed by atoms with van der Waals surface area (Å²) in [5.41, 5.74) is 2.69. The Hall–Kier alpha value is -1.99. The molecule has 142 valence electrons. The number of anilines is 1. The van der Waals surface area contributed by atoms with Crippen LogP contribution in [0.15, 0.2) is 18.2 Å². The van der Waals surface area contributed by atoms with Crippen molar-refractivity contribution in [2.45, 2.75) is 33.7 Å². The minimum Gasteiger partial charge on any atom is -0.345 e. The Balaban J connectivity index is 0.00000117. The topological polar surface area (TPSA) is 61.4 Å². The Morgan fingerprint density at radius 3 is 2.65 bits per heavy atom.